The molecule has 0 saturated carbocycles. The van der Waals surface area contributed by atoms with Gasteiger partial charge in [0.2, 0.25) is 0 Å². The van der Waals surface area contributed by atoms with Crippen molar-refractivity contribution in [3.8, 4) is 0 Å². The van der Waals surface area contributed by atoms with E-state index in [1.54, 1.807) is 0 Å². The number of rotatable bonds is 4. The molecule has 1 N–H and O–H groups in total. The summed E-state index contributed by atoms with van der Waals surface area (Å²) < 4.78 is 0. The third-order valence-corrected chi connectivity index (χ3v) is 1.62. The smallest absolute Gasteiger partial charge is 0.0514 e. The van der Waals surface area contributed by atoms with E-state index in [0.29, 0.717) is 5.92 Å². The van der Waals surface area contributed by atoms with Gasteiger partial charge >= 0.3 is 0 Å². The van der Waals surface area contributed by atoms with Crippen molar-refractivity contribution in [2.45, 2.75) is 46.6 Å². The summed E-state index contributed by atoms with van der Waals surface area (Å²) in [5.41, 5.74) is 0. The van der Waals surface area contributed by atoms with Crippen LogP contribution >= 0.6 is 0 Å². The summed E-state index contributed by atoms with van der Waals surface area (Å²) >= 11 is 0. The maximum atomic E-state index is 9.04. The highest BCUT2D eigenvalue weighted by molar-refractivity contribution is 4.59. The zero-order valence-electron chi connectivity index (χ0n) is 7.59. The molecular formula is C9H20O. The van der Waals surface area contributed by atoms with Gasteiger partial charge in [0.15, 0.2) is 0 Å². The van der Waals surface area contributed by atoms with E-state index in [1.807, 2.05) is 6.92 Å². The Kier molecular flexibility index (Phi) is 4.71. The highest BCUT2D eigenvalue weighted by Crippen LogP contribution is 2.15. The molecule has 62 valence electrons. The quantitative estimate of drug-likeness (QED) is 0.642. The zero-order valence-corrected chi connectivity index (χ0v) is 7.59. The molecule has 0 fully saturated rings. The zero-order chi connectivity index (χ0) is 8.15. The maximum absolute atomic E-state index is 9.04. The molecule has 10 heavy (non-hydrogen) atoms. The molecular weight excluding hydrogens is 124 g/mol. The third kappa shape index (κ3) is 6.09. The molecule has 0 spiro atoms. The van der Waals surface area contributed by atoms with Crippen LogP contribution in [0.3, 0.4) is 0 Å². The summed E-state index contributed by atoms with van der Waals surface area (Å²) in [6.07, 6.45) is 2.04. The lowest BCUT2D eigenvalue weighted by Crippen LogP contribution is -2.08. The van der Waals surface area contributed by atoms with Gasteiger partial charge in [0.25, 0.3) is 0 Å². The molecule has 0 rings (SSSR count). The SMILES string of the molecule is CC(C)CC(C)CC(C)O. The average Bonchev–Trinajstić information content (AvgIpc) is 1.58. The fraction of sp³-hybridized carbons (Fsp3) is 1.00. The van der Waals surface area contributed by atoms with Crippen molar-refractivity contribution in [3.63, 3.8) is 0 Å². The Balaban J connectivity index is 3.34. The first kappa shape index (κ1) is 9.96. The monoisotopic (exact) mass is 144 g/mol. The Hall–Kier alpha value is -0.0400. The second kappa shape index (κ2) is 4.73. The Morgan fingerprint density at radius 3 is 1.80 bits per heavy atom. The molecule has 1 heteroatoms. The van der Waals surface area contributed by atoms with Crippen molar-refractivity contribution in [3.05, 3.63) is 0 Å². The first-order chi connectivity index (χ1) is 4.52. The highest BCUT2D eigenvalue weighted by Gasteiger charge is 2.07. The van der Waals surface area contributed by atoms with E-state index in [0.717, 1.165) is 12.3 Å². The van der Waals surface area contributed by atoms with E-state index in [2.05, 4.69) is 20.8 Å². The minimum Gasteiger partial charge on any atom is -0.393 e. The van der Waals surface area contributed by atoms with Crippen molar-refractivity contribution >= 4 is 0 Å². The van der Waals surface area contributed by atoms with Crippen LogP contribution in [0.2, 0.25) is 0 Å². The van der Waals surface area contributed by atoms with Crippen LogP contribution < -0.4 is 0 Å². The van der Waals surface area contributed by atoms with Crippen molar-refractivity contribution in [1.29, 1.82) is 0 Å². The molecule has 0 radical (unpaired) electrons. The second-order valence-corrected chi connectivity index (χ2v) is 3.82. The Morgan fingerprint density at radius 1 is 1.00 bits per heavy atom. The minimum absolute atomic E-state index is 0.131. The van der Waals surface area contributed by atoms with Gasteiger partial charge in [-0.1, -0.05) is 20.8 Å². The van der Waals surface area contributed by atoms with Crippen molar-refractivity contribution in [2.75, 3.05) is 0 Å². The number of hydrogen-bond donors (Lipinski definition) is 1. The largest absolute Gasteiger partial charge is 0.393 e. The number of aliphatic hydroxyl groups excluding tert-OH is 1. The first-order valence-electron chi connectivity index (χ1n) is 4.20. The summed E-state index contributed by atoms with van der Waals surface area (Å²) in [5, 5.41) is 9.04. The van der Waals surface area contributed by atoms with E-state index in [-0.39, 0.29) is 6.10 Å². The van der Waals surface area contributed by atoms with Crippen LogP contribution in [0, 0.1) is 11.8 Å². The first-order valence-corrected chi connectivity index (χ1v) is 4.20. The molecule has 0 aromatic carbocycles. The van der Waals surface area contributed by atoms with Gasteiger partial charge in [0, 0.05) is 0 Å². The fourth-order valence-electron chi connectivity index (χ4n) is 1.48. The van der Waals surface area contributed by atoms with Gasteiger partial charge < -0.3 is 5.11 Å². The van der Waals surface area contributed by atoms with Gasteiger partial charge in [0.05, 0.1) is 6.10 Å². The predicted molar refractivity (Wildman–Crippen MR) is 44.9 cm³/mol. The molecule has 0 aliphatic heterocycles. The van der Waals surface area contributed by atoms with Crippen LogP contribution in [0.1, 0.15) is 40.5 Å². The summed E-state index contributed by atoms with van der Waals surface area (Å²) in [6, 6.07) is 0. The maximum Gasteiger partial charge on any atom is 0.0514 e. The number of hydrogen-bond acceptors (Lipinski definition) is 1. The van der Waals surface area contributed by atoms with E-state index in [1.165, 1.54) is 6.42 Å². The molecule has 0 aromatic rings. The third-order valence-electron chi connectivity index (χ3n) is 1.62. The molecule has 1 nitrogen and oxygen atoms in total. The molecule has 2 atom stereocenters. The van der Waals surface area contributed by atoms with Crippen LogP contribution in [-0.4, -0.2) is 11.2 Å². The minimum atomic E-state index is -0.131. The van der Waals surface area contributed by atoms with Crippen LogP contribution in [0.25, 0.3) is 0 Å². The highest BCUT2D eigenvalue weighted by atomic mass is 16.3. The lowest BCUT2D eigenvalue weighted by Gasteiger charge is -2.14. The van der Waals surface area contributed by atoms with Gasteiger partial charge in [-0.15, -0.1) is 0 Å². The van der Waals surface area contributed by atoms with Crippen LogP contribution in [0.5, 0.6) is 0 Å². The Labute approximate surface area is 64.5 Å². The van der Waals surface area contributed by atoms with Gasteiger partial charge in [0.1, 0.15) is 0 Å². The summed E-state index contributed by atoms with van der Waals surface area (Å²) in [6.45, 7) is 8.50. The Morgan fingerprint density at radius 2 is 1.50 bits per heavy atom. The Bertz CT molecular complexity index is 66.8. The lowest BCUT2D eigenvalue weighted by atomic mass is 9.94. The molecule has 0 heterocycles. The topological polar surface area (TPSA) is 20.2 Å². The van der Waals surface area contributed by atoms with Gasteiger partial charge in [-0.2, -0.15) is 0 Å². The van der Waals surface area contributed by atoms with Crippen molar-refractivity contribution < 1.29 is 5.11 Å². The van der Waals surface area contributed by atoms with Crippen molar-refractivity contribution in [2.24, 2.45) is 11.8 Å². The lowest BCUT2D eigenvalue weighted by molar-refractivity contribution is 0.158. The molecule has 0 amide bonds. The van der Waals surface area contributed by atoms with E-state index >= 15 is 0 Å². The van der Waals surface area contributed by atoms with Crippen LogP contribution in [0.15, 0.2) is 0 Å². The normalized spacial score (nSPS) is 17.4. The standard InChI is InChI=1S/C9H20O/c1-7(2)5-8(3)6-9(4)10/h7-10H,5-6H2,1-4H3. The molecule has 2 unspecified atom stereocenters. The molecule has 0 saturated heterocycles. The van der Waals surface area contributed by atoms with Crippen molar-refractivity contribution in [1.82, 2.24) is 0 Å². The summed E-state index contributed by atoms with van der Waals surface area (Å²) in [7, 11) is 0. The van der Waals surface area contributed by atoms with E-state index < -0.39 is 0 Å². The van der Waals surface area contributed by atoms with Crippen LogP contribution in [0.4, 0.5) is 0 Å². The van der Waals surface area contributed by atoms with Gasteiger partial charge in [-0.05, 0) is 31.6 Å². The van der Waals surface area contributed by atoms with Gasteiger partial charge in [-0.25, -0.2) is 0 Å². The average molecular weight is 144 g/mol. The fourth-order valence-corrected chi connectivity index (χ4v) is 1.48. The molecule has 0 aliphatic carbocycles. The summed E-state index contributed by atoms with van der Waals surface area (Å²) in [5.74, 6) is 1.42. The van der Waals surface area contributed by atoms with Crippen LogP contribution in [-0.2, 0) is 0 Å². The number of aliphatic hydroxyl groups is 1. The predicted octanol–water partition coefficient (Wildman–Crippen LogP) is 2.44. The second-order valence-electron chi connectivity index (χ2n) is 3.82. The molecule has 0 bridgehead atoms. The van der Waals surface area contributed by atoms with Gasteiger partial charge in [-0.3, -0.25) is 0 Å². The van der Waals surface area contributed by atoms with E-state index in [4.69, 9.17) is 5.11 Å². The van der Waals surface area contributed by atoms with E-state index in [9.17, 15) is 0 Å². The summed E-state index contributed by atoms with van der Waals surface area (Å²) in [4.78, 5) is 0. The molecule has 0 aromatic heterocycles. The molecule has 0 aliphatic rings.